The lowest BCUT2D eigenvalue weighted by Gasteiger charge is -2.15. The maximum Gasteiger partial charge on any atom is 0.329 e. The minimum atomic E-state index is -0.726. The summed E-state index contributed by atoms with van der Waals surface area (Å²) in [5.74, 6) is -0.435. The number of halogens is 1. The number of benzene rings is 1. The van der Waals surface area contributed by atoms with Crippen LogP contribution in [0.3, 0.4) is 0 Å². The van der Waals surface area contributed by atoms with Crippen LogP contribution in [0.1, 0.15) is 29.3 Å². The largest absolute Gasteiger partial charge is 0.384 e. The number of rotatable bonds is 7. The van der Waals surface area contributed by atoms with E-state index >= 15 is 0 Å². The van der Waals surface area contributed by atoms with Gasteiger partial charge in [0.05, 0.1) is 7.05 Å². The fraction of sp³-hybridized carbons (Fsp3) is 0.353. The zero-order valence-electron chi connectivity index (χ0n) is 14.3. The lowest BCUT2D eigenvalue weighted by Crippen LogP contribution is -3.08. The molecule has 2 rings (SSSR count). The van der Waals surface area contributed by atoms with Gasteiger partial charge < -0.3 is 10.6 Å². The van der Waals surface area contributed by atoms with Gasteiger partial charge in [0.15, 0.2) is 0 Å². The van der Waals surface area contributed by atoms with E-state index in [-0.39, 0.29) is 23.7 Å². The van der Waals surface area contributed by atoms with Gasteiger partial charge in [-0.15, -0.1) is 0 Å². The molecule has 0 spiro atoms. The van der Waals surface area contributed by atoms with E-state index in [1.807, 2.05) is 38.2 Å². The predicted molar refractivity (Wildman–Crippen MR) is 100.0 cm³/mol. The van der Waals surface area contributed by atoms with E-state index in [0.717, 1.165) is 14.9 Å². The second-order valence-corrected chi connectivity index (χ2v) is 6.95. The fourth-order valence-electron chi connectivity index (χ4n) is 2.68. The van der Waals surface area contributed by atoms with Crippen LogP contribution in [0.4, 0.5) is 5.82 Å². The number of carbonyl (C=O) groups is 1. The van der Waals surface area contributed by atoms with Crippen LogP contribution < -0.4 is 21.9 Å². The van der Waals surface area contributed by atoms with Crippen molar-refractivity contribution < 1.29 is 9.69 Å². The Balaban J connectivity index is 2.20. The van der Waals surface area contributed by atoms with Crippen LogP contribution >= 0.6 is 15.9 Å². The Bertz CT molecular complexity index is 871. The summed E-state index contributed by atoms with van der Waals surface area (Å²) in [5, 5.41) is 0. The molecule has 1 aromatic carbocycles. The Hall–Kier alpha value is -2.19. The number of aromatic nitrogens is 2. The van der Waals surface area contributed by atoms with Crippen LogP contribution in [-0.2, 0) is 13.1 Å². The normalized spacial score (nSPS) is 12.1. The lowest BCUT2D eigenvalue weighted by atomic mass is 10.1. The van der Waals surface area contributed by atoms with Gasteiger partial charge in [0.1, 0.15) is 24.5 Å². The third-order valence-corrected chi connectivity index (χ3v) is 4.38. The molecule has 1 atom stereocenters. The van der Waals surface area contributed by atoms with Gasteiger partial charge in [-0.2, -0.15) is 0 Å². The molecule has 4 N–H and O–H groups in total. The van der Waals surface area contributed by atoms with Gasteiger partial charge in [0.25, 0.3) is 5.56 Å². The summed E-state index contributed by atoms with van der Waals surface area (Å²) in [6.45, 7) is 2.97. The number of H-pyrrole nitrogens is 1. The molecule has 0 amide bonds. The van der Waals surface area contributed by atoms with Gasteiger partial charge in [0.2, 0.25) is 5.78 Å². The number of likely N-dealkylation sites (N-methyl/N-ethyl adjacent to an activating group) is 1. The van der Waals surface area contributed by atoms with Crippen LogP contribution in [0.2, 0.25) is 0 Å². The number of anilines is 1. The average molecular weight is 410 g/mol. The van der Waals surface area contributed by atoms with E-state index in [9.17, 15) is 14.4 Å². The highest BCUT2D eigenvalue weighted by atomic mass is 79.9. The van der Waals surface area contributed by atoms with Crippen molar-refractivity contribution >= 4 is 27.5 Å². The van der Waals surface area contributed by atoms with Gasteiger partial charge in [-0.05, 0) is 18.6 Å². The number of aromatic amines is 1. The molecule has 134 valence electrons. The third kappa shape index (κ3) is 4.67. The monoisotopic (exact) mass is 409 g/mol. The summed E-state index contributed by atoms with van der Waals surface area (Å²) < 4.78 is 2.22. The topological polar surface area (TPSA) is 102 Å². The molecule has 0 saturated heterocycles. The van der Waals surface area contributed by atoms with E-state index in [2.05, 4.69) is 20.9 Å². The minimum Gasteiger partial charge on any atom is -0.384 e. The highest BCUT2D eigenvalue weighted by Gasteiger charge is 2.22. The second-order valence-electron chi connectivity index (χ2n) is 6.03. The summed E-state index contributed by atoms with van der Waals surface area (Å²) in [5.41, 5.74) is 5.55. The van der Waals surface area contributed by atoms with Gasteiger partial charge in [-0.25, -0.2) is 4.79 Å². The number of ketones is 1. The molecule has 25 heavy (non-hydrogen) atoms. The zero-order chi connectivity index (χ0) is 18.6. The molecule has 8 heteroatoms. The first-order valence-corrected chi connectivity index (χ1v) is 8.84. The summed E-state index contributed by atoms with van der Waals surface area (Å²) in [6.07, 6.45) is 0.665. The third-order valence-electron chi connectivity index (χ3n) is 3.85. The molecule has 1 heterocycles. The smallest absolute Gasteiger partial charge is 0.329 e. The molecule has 0 aliphatic rings. The molecule has 0 bridgehead atoms. The number of Topliss-reactive ketones (excluding diaryl/α,β-unsaturated/α-hetero) is 1. The Morgan fingerprint density at radius 1 is 1.28 bits per heavy atom. The molecule has 1 unspecified atom stereocenters. The summed E-state index contributed by atoms with van der Waals surface area (Å²) >= 11 is 3.38. The highest BCUT2D eigenvalue weighted by molar-refractivity contribution is 9.10. The first-order valence-electron chi connectivity index (χ1n) is 8.05. The van der Waals surface area contributed by atoms with Crippen LogP contribution in [0.25, 0.3) is 0 Å². The van der Waals surface area contributed by atoms with Crippen molar-refractivity contribution in [2.45, 2.75) is 26.4 Å². The zero-order valence-corrected chi connectivity index (χ0v) is 15.9. The van der Waals surface area contributed by atoms with Crippen molar-refractivity contribution in [3.05, 3.63) is 60.7 Å². The molecule has 0 fully saturated rings. The summed E-state index contributed by atoms with van der Waals surface area (Å²) in [7, 11) is 1.87. The number of hydrogen-bond donors (Lipinski definition) is 3. The fourth-order valence-corrected chi connectivity index (χ4v) is 2.94. The van der Waals surface area contributed by atoms with Crippen LogP contribution in [0.5, 0.6) is 0 Å². The molecular formula is C17H22BrN4O3+. The molecule has 2 aromatic rings. The standard InChI is InChI=1S/C17H21BrN4O3/c1-3-8-22-15(19)14(16(24)20-17(22)25)13(23)10-21(2)9-11-4-6-12(18)7-5-11/h4-7H,3,8-10,19H2,1-2H3,(H,20,24,25)/p+1. The number of nitrogens with one attached hydrogen (secondary N) is 2. The van der Waals surface area contributed by atoms with E-state index < -0.39 is 11.2 Å². The SMILES string of the molecule is CCCn1c(N)c(C(=O)C[NH+](C)Cc2ccc(Br)cc2)c(=O)[nH]c1=O. The maximum atomic E-state index is 12.6. The molecule has 0 radical (unpaired) electrons. The van der Waals surface area contributed by atoms with Crippen molar-refractivity contribution in [2.24, 2.45) is 0 Å². The van der Waals surface area contributed by atoms with Gasteiger partial charge in [-0.1, -0.05) is 35.0 Å². The van der Waals surface area contributed by atoms with Gasteiger partial charge in [-0.3, -0.25) is 19.1 Å². The van der Waals surface area contributed by atoms with Crippen LogP contribution in [0, 0.1) is 0 Å². The molecular weight excluding hydrogens is 388 g/mol. The predicted octanol–water partition coefficient (Wildman–Crippen LogP) is 0.189. The number of quaternary nitrogens is 1. The van der Waals surface area contributed by atoms with Crippen LogP contribution in [0.15, 0.2) is 38.3 Å². The second kappa shape index (κ2) is 8.26. The van der Waals surface area contributed by atoms with Crippen molar-refractivity contribution in [3.8, 4) is 0 Å². The lowest BCUT2D eigenvalue weighted by molar-refractivity contribution is -0.884. The van der Waals surface area contributed by atoms with E-state index in [4.69, 9.17) is 5.73 Å². The molecule has 0 saturated carbocycles. The first kappa shape index (κ1) is 19.1. The van der Waals surface area contributed by atoms with Gasteiger partial charge >= 0.3 is 5.69 Å². The first-order chi connectivity index (χ1) is 11.8. The molecule has 0 aliphatic heterocycles. The number of nitrogen functional groups attached to an aromatic ring is 1. The number of nitrogens with zero attached hydrogens (tertiary/aromatic N) is 1. The molecule has 7 nitrogen and oxygen atoms in total. The van der Waals surface area contributed by atoms with Gasteiger partial charge in [0, 0.05) is 16.6 Å². The maximum absolute atomic E-state index is 12.6. The van der Waals surface area contributed by atoms with E-state index in [1.165, 1.54) is 4.57 Å². The summed E-state index contributed by atoms with van der Waals surface area (Å²) in [4.78, 5) is 39.5. The van der Waals surface area contributed by atoms with E-state index in [0.29, 0.717) is 19.5 Å². The van der Waals surface area contributed by atoms with Crippen molar-refractivity contribution in [1.29, 1.82) is 0 Å². The minimum absolute atomic E-state index is 0.0583. The average Bonchev–Trinajstić information content (AvgIpc) is 2.53. The Kier molecular flexibility index (Phi) is 6.33. The number of nitrogens with two attached hydrogens (primary N) is 1. The Morgan fingerprint density at radius 3 is 2.52 bits per heavy atom. The number of carbonyl (C=O) groups excluding carboxylic acids is 1. The Labute approximate surface area is 153 Å². The Morgan fingerprint density at radius 2 is 1.92 bits per heavy atom. The quantitative estimate of drug-likeness (QED) is 0.567. The molecule has 0 aliphatic carbocycles. The highest BCUT2D eigenvalue weighted by Crippen LogP contribution is 2.09. The van der Waals surface area contributed by atoms with E-state index in [1.54, 1.807) is 0 Å². The van der Waals surface area contributed by atoms with Crippen molar-refractivity contribution in [2.75, 3.05) is 19.3 Å². The summed E-state index contributed by atoms with van der Waals surface area (Å²) in [6, 6.07) is 7.82. The van der Waals surface area contributed by atoms with Crippen LogP contribution in [-0.4, -0.2) is 28.9 Å². The number of hydrogen-bond acceptors (Lipinski definition) is 4. The molecule has 1 aromatic heterocycles. The van der Waals surface area contributed by atoms with Crippen molar-refractivity contribution in [3.63, 3.8) is 0 Å². The van der Waals surface area contributed by atoms with Crippen molar-refractivity contribution in [1.82, 2.24) is 9.55 Å².